The topological polar surface area (TPSA) is 42.8 Å². The third-order valence-electron chi connectivity index (χ3n) is 2.68. The molecule has 1 N–H and O–H groups in total. The molecule has 0 aromatic heterocycles. The van der Waals surface area contributed by atoms with Crippen molar-refractivity contribution < 1.29 is 9.47 Å². The molecule has 1 aromatic carbocycles. The lowest BCUT2D eigenvalue weighted by molar-refractivity contribution is 0.405. The van der Waals surface area contributed by atoms with Crippen LogP contribution in [0, 0.1) is 0 Å². The third kappa shape index (κ3) is 3.28. The zero-order valence-electron chi connectivity index (χ0n) is 11.4. The van der Waals surface area contributed by atoms with E-state index in [0.717, 1.165) is 16.6 Å². The van der Waals surface area contributed by atoms with Gasteiger partial charge in [-0.25, -0.2) is 0 Å². The normalized spacial score (nSPS) is 17.0. The van der Waals surface area contributed by atoms with Crippen LogP contribution in [-0.4, -0.2) is 30.7 Å². The predicted molar refractivity (Wildman–Crippen MR) is 82.2 cm³/mol. The molecule has 0 amide bonds. The number of aliphatic imine (C=N–C) groups is 1. The molecule has 1 aliphatic rings. The summed E-state index contributed by atoms with van der Waals surface area (Å²) in [5, 5.41) is 4.67. The zero-order valence-corrected chi connectivity index (χ0v) is 13.0. The summed E-state index contributed by atoms with van der Waals surface area (Å²) in [5.41, 5.74) is 0.768. The Kier molecular flexibility index (Phi) is 4.16. The van der Waals surface area contributed by atoms with Gasteiger partial charge in [-0.3, -0.25) is 4.99 Å². The molecule has 0 saturated carbocycles. The van der Waals surface area contributed by atoms with Crippen LogP contribution in [0.5, 0.6) is 11.5 Å². The first-order valence-electron chi connectivity index (χ1n) is 5.86. The molecule has 6 heteroatoms. The maximum Gasteiger partial charge on any atom is 0.161 e. The molecule has 104 valence electrons. The number of halogens is 1. The summed E-state index contributed by atoms with van der Waals surface area (Å²) in [7, 11) is 3.19. The van der Waals surface area contributed by atoms with E-state index in [-0.39, 0.29) is 5.54 Å². The molecule has 0 radical (unpaired) electrons. The van der Waals surface area contributed by atoms with Gasteiger partial charge in [0, 0.05) is 17.9 Å². The van der Waals surface area contributed by atoms with Crippen molar-refractivity contribution in [1.82, 2.24) is 0 Å². The molecule has 1 aliphatic heterocycles. The van der Waals surface area contributed by atoms with E-state index in [4.69, 9.17) is 21.1 Å². The van der Waals surface area contributed by atoms with Gasteiger partial charge in [0.05, 0.1) is 30.5 Å². The number of thioether (sulfide) groups is 1. The van der Waals surface area contributed by atoms with Crippen LogP contribution in [0.25, 0.3) is 0 Å². The highest BCUT2D eigenvalue weighted by Gasteiger charge is 2.26. The van der Waals surface area contributed by atoms with Gasteiger partial charge < -0.3 is 14.8 Å². The number of hydrogen-bond donors (Lipinski definition) is 1. The summed E-state index contributed by atoms with van der Waals surface area (Å²) in [4.78, 5) is 4.61. The van der Waals surface area contributed by atoms with E-state index in [1.807, 2.05) is 6.07 Å². The molecule has 0 spiro atoms. The Morgan fingerprint density at radius 2 is 1.95 bits per heavy atom. The first-order valence-corrected chi connectivity index (χ1v) is 7.23. The molecular formula is C13H17ClN2O2S. The van der Waals surface area contributed by atoms with Gasteiger partial charge in [0.15, 0.2) is 5.17 Å². The second kappa shape index (κ2) is 5.51. The van der Waals surface area contributed by atoms with Crippen LogP contribution in [0.1, 0.15) is 13.8 Å². The summed E-state index contributed by atoms with van der Waals surface area (Å²) in [5.74, 6) is 2.23. The van der Waals surface area contributed by atoms with E-state index in [1.54, 1.807) is 32.0 Å². The van der Waals surface area contributed by atoms with Gasteiger partial charge >= 0.3 is 0 Å². The van der Waals surface area contributed by atoms with Crippen LogP contribution in [0.15, 0.2) is 17.1 Å². The largest absolute Gasteiger partial charge is 0.495 e. The molecule has 0 bridgehead atoms. The molecule has 0 saturated heterocycles. The Labute approximate surface area is 122 Å². The standard InChI is InChI=1S/C13H17ClN2O2S/c1-13(2)7-19-12(16-13)15-9-6-10(17-3)8(14)5-11(9)18-4/h5-6H,7H2,1-4H3,(H,15,16). The Morgan fingerprint density at radius 1 is 1.26 bits per heavy atom. The van der Waals surface area contributed by atoms with Crippen molar-refractivity contribution in [2.45, 2.75) is 19.4 Å². The summed E-state index contributed by atoms with van der Waals surface area (Å²) in [6.45, 7) is 4.21. The van der Waals surface area contributed by atoms with Crippen LogP contribution in [0.3, 0.4) is 0 Å². The summed E-state index contributed by atoms with van der Waals surface area (Å²) >= 11 is 7.76. The first-order chi connectivity index (χ1) is 8.95. The molecule has 2 rings (SSSR count). The average molecular weight is 301 g/mol. The molecular weight excluding hydrogens is 284 g/mol. The lowest BCUT2D eigenvalue weighted by atomic mass is 10.1. The molecule has 0 fully saturated rings. The quantitative estimate of drug-likeness (QED) is 0.925. The SMILES string of the molecule is COc1cc(NC2=NC(C)(C)CS2)c(OC)cc1Cl. The molecule has 19 heavy (non-hydrogen) atoms. The van der Waals surface area contributed by atoms with E-state index in [2.05, 4.69) is 24.2 Å². The van der Waals surface area contributed by atoms with Gasteiger partial charge in [-0.15, -0.1) is 0 Å². The summed E-state index contributed by atoms with van der Waals surface area (Å²) in [6, 6.07) is 3.55. The van der Waals surface area contributed by atoms with Crippen LogP contribution < -0.4 is 14.8 Å². The van der Waals surface area contributed by atoms with E-state index in [9.17, 15) is 0 Å². The van der Waals surface area contributed by atoms with E-state index in [0.29, 0.717) is 16.5 Å². The average Bonchev–Trinajstić information content (AvgIpc) is 2.70. The second-order valence-electron chi connectivity index (χ2n) is 4.83. The predicted octanol–water partition coefficient (Wildman–Crippen LogP) is 3.65. The van der Waals surface area contributed by atoms with Gasteiger partial charge in [-0.1, -0.05) is 23.4 Å². The minimum Gasteiger partial charge on any atom is -0.495 e. The van der Waals surface area contributed by atoms with E-state index < -0.39 is 0 Å². The molecule has 0 atom stereocenters. The highest BCUT2D eigenvalue weighted by Crippen LogP contribution is 2.37. The van der Waals surface area contributed by atoms with Gasteiger partial charge in [-0.2, -0.15) is 0 Å². The van der Waals surface area contributed by atoms with Crippen LogP contribution in [-0.2, 0) is 0 Å². The fraction of sp³-hybridized carbons (Fsp3) is 0.462. The summed E-state index contributed by atoms with van der Waals surface area (Å²) in [6.07, 6.45) is 0. The van der Waals surface area contributed by atoms with Crippen molar-refractivity contribution in [3.8, 4) is 11.5 Å². The number of nitrogens with zero attached hydrogens (tertiary/aromatic N) is 1. The van der Waals surface area contributed by atoms with E-state index in [1.165, 1.54) is 0 Å². The van der Waals surface area contributed by atoms with Crippen molar-refractivity contribution in [3.63, 3.8) is 0 Å². The van der Waals surface area contributed by atoms with Crippen molar-refractivity contribution in [2.24, 2.45) is 4.99 Å². The highest BCUT2D eigenvalue weighted by molar-refractivity contribution is 8.14. The van der Waals surface area contributed by atoms with E-state index >= 15 is 0 Å². The van der Waals surface area contributed by atoms with Gasteiger partial charge in [0.25, 0.3) is 0 Å². The number of anilines is 1. The number of methoxy groups -OCH3 is 2. The molecule has 1 heterocycles. The van der Waals surface area contributed by atoms with Crippen LogP contribution >= 0.6 is 23.4 Å². The molecule has 1 aromatic rings. The minimum atomic E-state index is -0.0310. The lowest BCUT2D eigenvalue weighted by Crippen LogP contribution is -2.15. The van der Waals surface area contributed by atoms with Gasteiger partial charge in [0.2, 0.25) is 0 Å². The fourth-order valence-electron chi connectivity index (χ4n) is 1.72. The van der Waals surface area contributed by atoms with Crippen LogP contribution in [0.4, 0.5) is 5.69 Å². The first kappa shape index (κ1) is 14.3. The lowest BCUT2D eigenvalue weighted by Gasteiger charge is -2.13. The van der Waals surface area contributed by atoms with Crippen molar-refractivity contribution in [1.29, 1.82) is 0 Å². The van der Waals surface area contributed by atoms with Gasteiger partial charge in [0.1, 0.15) is 11.5 Å². The molecule has 0 aliphatic carbocycles. The number of hydrogen-bond acceptors (Lipinski definition) is 5. The summed E-state index contributed by atoms with van der Waals surface area (Å²) < 4.78 is 10.5. The number of benzene rings is 1. The Morgan fingerprint density at radius 3 is 2.47 bits per heavy atom. The Bertz CT molecular complexity index is 518. The second-order valence-corrected chi connectivity index (χ2v) is 6.20. The van der Waals surface area contributed by atoms with Crippen molar-refractivity contribution in [3.05, 3.63) is 17.2 Å². The number of rotatable bonds is 3. The van der Waals surface area contributed by atoms with Crippen molar-refractivity contribution in [2.75, 3.05) is 25.3 Å². The smallest absolute Gasteiger partial charge is 0.161 e. The highest BCUT2D eigenvalue weighted by atomic mass is 35.5. The fourth-order valence-corrected chi connectivity index (χ4v) is 3.00. The molecule has 0 unspecified atom stereocenters. The Hall–Kier alpha value is -1.07. The zero-order chi connectivity index (χ0) is 14.0. The number of nitrogens with one attached hydrogen (secondary N) is 1. The molecule has 4 nitrogen and oxygen atoms in total. The van der Waals surface area contributed by atoms with Gasteiger partial charge in [-0.05, 0) is 13.8 Å². The minimum absolute atomic E-state index is 0.0310. The monoisotopic (exact) mass is 300 g/mol. The number of amidine groups is 1. The Balaban J connectivity index is 2.29. The van der Waals surface area contributed by atoms with Crippen LogP contribution in [0.2, 0.25) is 5.02 Å². The maximum absolute atomic E-state index is 6.07. The third-order valence-corrected chi connectivity index (χ3v) is 4.29. The maximum atomic E-state index is 6.07. The van der Waals surface area contributed by atoms with Crippen molar-refractivity contribution >= 4 is 34.2 Å². The number of ether oxygens (including phenoxy) is 2.